The summed E-state index contributed by atoms with van der Waals surface area (Å²) in [5, 5.41) is 8.87. The van der Waals surface area contributed by atoms with Gasteiger partial charge in [-0.3, -0.25) is 0 Å². The Bertz CT molecular complexity index is 486. The van der Waals surface area contributed by atoms with Crippen LogP contribution in [-0.2, 0) is 0 Å². The van der Waals surface area contributed by atoms with Gasteiger partial charge in [0.25, 0.3) is 0 Å². The maximum atomic E-state index is 8.51. The van der Waals surface area contributed by atoms with Gasteiger partial charge in [-0.25, -0.2) is 0 Å². The largest absolute Gasteiger partial charge is 0.524 e. The smallest absolute Gasteiger partial charge is 0.497 e. The maximum absolute atomic E-state index is 8.51. The van der Waals surface area contributed by atoms with Crippen molar-refractivity contribution in [1.82, 2.24) is 4.98 Å². The van der Waals surface area contributed by atoms with E-state index < -0.39 is 0 Å². The number of ether oxygens (including phenoxy) is 1. The number of aromatic nitrogens is 1. The topological polar surface area (TPSA) is 50.3 Å². The minimum atomic E-state index is 0.364. The van der Waals surface area contributed by atoms with Crippen molar-refractivity contribution in [3.63, 3.8) is 0 Å². The molecule has 0 bridgehead atoms. The van der Waals surface area contributed by atoms with Crippen LogP contribution in [0.2, 0.25) is 0 Å². The molecular weight excluding hydrogens is 186 g/mol. The fourth-order valence-corrected chi connectivity index (χ4v) is 1.84. The molecule has 0 N–H and O–H groups in total. The van der Waals surface area contributed by atoms with Gasteiger partial charge in [-0.1, -0.05) is 0 Å². The highest BCUT2D eigenvalue weighted by atomic mass is 32.1. The first kappa shape index (κ1) is 7.95. The molecule has 13 heavy (non-hydrogen) atoms. The monoisotopic (exact) mass is 192 g/mol. The van der Waals surface area contributed by atoms with Gasteiger partial charge in [0.2, 0.25) is 0 Å². The Kier molecular flexibility index (Phi) is 1.83. The fourth-order valence-electron chi connectivity index (χ4n) is 1.06. The van der Waals surface area contributed by atoms with Gasteiger partial charge in [-0.05, 0) is 28.5 Å². The van der Waals surface area contributed by atoms with Crippen LogP contribution < -0.4 is 4.74 Å². The van der Waals surface area contributed by atoms with Gasteiger partial charge < -0.3 is 4.74 Å². The molecule has 1 aromatic carbocycles. The highest BCUT2D eigenvalue weighted by Gasteiger charge is 2.14. The highest BCUT2D eigenvalue weighted by Crippen LogP contribution is 2.30. The van der Waals surface area contributed by atoms with E-state index >= 15 is 0 Å². The number of diazo groups is 1. The van der Waals surface area contributed by atoms with Crippen LogP contribution in [0.15, 0.2) is 18.2 Å². The molecule has 0 atom stereocenters. The third-order valence-electron chi connectivity index (χ3n) is 1.67. The lowest BCUT2D eigenvalue weighted by molar-refractivity contribution is 0.415. The molecule has 1 heterocycles. The number of methoxy groups -OCH3 is 1. The molecule has 0 amide bonds. The molecule has 0 unspecified atom stereocenters. The average molecular weight is 192 g/mol. The molecule has 0 aliphatic rings. The lowest BCUT2D eigenvalue weighted by atomic mass is 10.3. The summed E-state index contributed by atoms with van der Waals surface area (Å²) < 4.78 is 6.00. The zero-order valence-electron chi connectivity index (χ0n) is 6.89. The van der Waals surface area contributed by atoms with Crippen LogP contribution in [0.4, 0.5) is 5.13 Å². The van der Waals surface area contributed by atoms with Gasteiger partial charge in [0.15, 0.2) is 5.52 Å². The van der Waals surface area contributed by atoms with E-state index in [0.29, 0.717) is 5.13 Å². The second kappa shape index (κ2) is 2.99. The Labute approximate surface area is 78.4 Å². The van der Waals surface area contributed by atoms with E-state index in [4.69, 9.17) is 10.1 Å². The van der Waals surface area contributed by atoms with Crippen molar-refractivity contribution in [1.29, 1.82) is 5.39 Å². The summed E-state index contributed by atoms with van der Waals surface area (Å²) in [6, 6.07) is 5.52. The fraction of sp³-hybridized carbons (Fsp3) is 0.125. The molecule has 0 radical (unpaired) electrons. The van der Waals surface area contributed by atoms with Gasteiger partial charge >= 0.3 is 5.13 Å². The van der Waals surface area contributed by atoms with E-state index in [1.54, 1.807) is 7.11 Å². The van der Waals surface area contributed by atoms with Gasteiger partial charge in [0.05, 0.1) is 17.2 Å². The predicted octanol–water partition coefficient (Wildman–Crippen LogP) is 2.79. The SMILES string of the molecule is COc1ccc2nc([N+]#N)sc2c1. The minimum absolute atomic E-state index is 0.364. The molecule has 0 fully saturated rings. The van der Waals surface area contributed by atoms with Crippen LogP contribution in [0.3, 0.4) is 0 Å². The van der Waals surface area contributed by atoms with Crippen LogP contribution in [-0.4, -0.2) is 12.1 Å². The summed E-state index contributed by atoms with van der Waals surface area (Å²) in [6.45, 7) is 0. The molecule has 0 saturated carbocycles. The van der Waals surface area contributed by atoms with Crippen LogP contribution in [0.5, 0.6) is 5.75 Å². The Morgan fingerprint density at radius 1 is 1.54 bits per heavy atom. The Morgan fingerprint density at radius 3 is 3.08 bits per heavy atom. The molecule has 5 heteroatoms. The summed E-state index contributed by atoms with van der Waals surface area (Å²) in [7, 11) is 1.61. The number of hydrogen-bond donors (Lipinski definition) is 0. The summed E-state index contributed by atoms with van der Waals surface area (Å²) in [5.74, 6) is 0.778. The third-order valence-corrected chi connectivity index (χ3v) is 2.57. The highest BCUT2D eigenvalue weighted by molar-refractivity contribution is 7.22. The Hall–Kier alpha value is -1.67. The first-order valence-corrected chi connectivity index (χ1v) is 4.45. The van der Waals surface area contributed by atoms with Crippen LogP contribution in [0, 0.1) is 5.39 Å². The van der Waals surface area contributed by atoms with Crippen molar-refractivity contribution in [2.24, 2.45) is 0 Å². The summed E-state index contributed by atoms with van der Waals surface area (Å²) in [5.41, 5.74) is 0.818. The lowest BCUT2D eigenvalue weighted by Gasteiger charge is -1.94. The first-order valence-electron chi connectivity index (χ1n) is 3.63. The van der Waals surface area contributed by atoms with Crippen LogP contribution in [0.1, 0.15) is 0 Å². The average Bonchev–Trinajstić information content (AvgIpc) is 2.58. The number of benzene rings is 1. The van der Waals surface area contributed by atoms with Crippen LogP contribution >= 0.6 is 11.3 Å². The van der Waals surface area contributed by atoms with E-state index in [9.17, 15) is 0 Å². The Balaban J connectivity index is 2.65. The van der Waals surface area contributed by atoms with Gasteiger partial charge in [0, 0.05) is 11.0 Å². The molecule has 0 spiro atoms. The second-order valence-electron chi connectivity index (χ2n) is 2.43. The van der Waals surface area contributed by atoms with E-state index in [1.165, 1.54) is 11.3 Å². The molecule has 0 aliphatic carbocycles. The molecule has 0 saturated heterocycles. The van der Waals surface area contributed by atoms with Crippen molar-refractivity contribution in [3.05, 3.63) is 23.2 Å². The third kappa shape index (κ3) is 1.32. The van der Waals surface area contributed by atoms with Gasteiger partial charge in [0.1, 0.15) is 5.75 Å². The van der Waals surface area contributed by atoms with Crippen molar-refractivity contribution >= 4 is 26.7 Å². The number of thiazole rings is 1. The molecule has 1 aromatic heterocycles. The van der Waals surface area contributed by atoms with Gasteiger partial charge in [-0.2, -0.15) is 0 Å². The normalized spacial score (nSPS) is 9.85. The van der Waals surface area contributed by atoms with Crippen molar-refractivity contribution in [2.75, 3.05) is 7.11 Å². The standard InChI is InChI=1S/C8H6N3OS/c1-12-5-2-3-6-7(4-5)13-8(10-6)11-9/h2-4H,1H3/q+1. The molecular formula is C8H6N3OS+. The maximum Gasteiger partial charge on any atom is 0.524 e. The number of rotatable bonds is 1. The quantitative estimate of drug-likeness (QED) is 0.653. The first-order chi connectivity index (χ1) is 6.33. The molecule has 2 aromatic rings. The lowest BCUT2D eigenvalue weighted by Crippen LogP contribution is -1.80. The zero-order chi connectivity index (χ0) is 9.26. The number of nitrogens with zero attached hydrogens (tertiary/aromatic N) is 3. The molecule has 4 nitrogen and oxygen atoms in total. The van der Waals surface area contributed by atoms with E-state index in [2.05, 4.69) is 9.96 Å². The predicted molar refractivity (Wildman–Crippen MR) is 50.9 cm³/mol. The van der Waals surface area contributed by atoms with Gasteiger partial charge in [-0.15, -0.1) is 0 Å². The van der Waals surface area contributed by atoms with Crippen molar-refractivity contribution < 1.29 is 4.74 Å². The molecule has 0 aliphatic heterocycles. The molecule has 2 rings (SSSR count). The summed E-state index contributed by atoms with van der Waals surface area (Å²) >= 11 is 1.32. The number of fused-ring (bicyclic) bond motifs is 1. The summed E-state index contributed by atoms with van der Waals surface area (Å²) in [4.78, 5) is 7.08. The molecule has 64 valence electrons. The number of hydrogen-bond acceptors (Lipinski definition) is 4. The van der Waals surface area contributed by atoms with Crippen molar-refractivity contribution in [3.8, 4) is 5.75 Å². The Morgan fingerprint density at radius 2 is 2.38 bits per heavy atom. The van der Waals surface area contributed by atoms with E-state index in [-0.39, 0.29) is 0 Å². The van der Waals surface area contributed by atoms with Crippen molar-refractivity contribution in [2.45, 2.75) is 0 Å². The van der Waals surface area contributed by atoms with E-state index in [0.717, 1.165) is 16.0 Å². The minimum Gasteiger partial charge on any atom is -0.497 e. The zero-order valence-corrected chi connectivity index (χ0v) is 7.71. The second-order valence-corrected chi connectivity index (χ2v) is 3.44. The van der Waals surface area contributed by atoms with Crippen LogP contribution in [0.25, 0.3) is 15.2 Å². The van der Waals surface area contributed by atoms with E-state index in [1.807, 2.05) is 18.2 Å². The summed E-state index contributed by atoms with van der Waals surface area (Å²) in [6.07, 6.45) is 0.